The van der Waals surface area contributed by atoms with Crippen LogP contribution in [0.1, 0.15) is 13.3 Å². The summed E-state index contributed by atoms with van der Waals surface area (Å²) in [5.41, 5.74) is 2.08. The molecule has 0 bridgehead atoms. The molecule has 0 saturated heterocycles. The van der Waals surface area contributed by atoms with Gasteiger partial charge in [0.2, 0.25) is 0 Å². The van der Waals surface area contributed by atoms with Gasteiger partial charge in [0.15, 0.2) is 5.82 Å². The summed E-state index contributed by atoms with van der Waals surface area (Å²) in [7, 11) is 0. The van der Waals surface area contributed by atoms with E-state index in [0.29, 0.717) is 5.82 Å². The predicted molar refractivity (Wildman–Crippen MR) is 58.4 cm³/mol. The van der Waals surface area contributed by atoms with E-state index in [2.05, 4.69) is 32.9 Å². The second-order valence-electron chi connectivity index (χ2n) is 3.26. The van der Waals surface area contributed by atoms with Crippen LogP contribution in [0.4, 0.5) is 5.69 Å². The van der Waals surface area contributed by atoms with Gasteiger partial charge in [0.25, 0.3) is 0 Å². The fraction of sp³-hybridized carbons (Fsp3) is 0.300. The lowest BCUT2D eigenvalue weighted by molar-refractivity contribution is 0.881. The van der Waals surface area contributed by atoms with E-state index in [1.54, 1.807) is 0 Å². The molecule has 5 heteroatoms. The van der Waals surface area contributed by atoms with E-state index in [4.69, 9.17) is 0 Å². The van der Waals surface area contributed by atoms with Crippen LogP contribution in [-0.4, -0.2) is 27.2 Å². The monoisotopic (exact) mass is 203 g/mol. The van der Waals surface area contributed by atoms with E-state index in [0.717, 1.165) is 24.2 Å². The summed E-state index contributed by atoms with van der Waals surface area (Å²) in [5.74, 6) is 0.690. The van der Waals surface area contributed by atoms with Crippen molar-refractivity contribution < 1.29 is 0 Å². The van der Waals surface area contributed by atoms with E-state index in [9.17, 15) is 0 Å². The number of aromatic amines is 1. The zero-order chi connectivity index (χ0) is 10.5. The molecule has 2 rings (SSSR count). The lowest BCUT2D eigenvalue weighted by Crippen LogP contribution is -1.99. The van der Waals surface area contributed by atoms with Crippen LogP contribution in [0.25, 0.3) is 11.4 Å². The van der Waals surface area contributed by atoms with Crippen molar-refractivity contribution in [2.45, 2.75) is 13.3 Å². The number of hydrogen-bond donors (Lipinski definition) is 2. The van der Waals surface area contributed by atoms with Gasteiger partial charge in [-0.05, 0) is 29.0 Å². The van der Waals surface area contributed by atoms with Crippen molar-refractivity contribution in [2.24, 2.45) is 0 Å². The Balaban J connectivity index is 2.19. The normalized spacial score (nSPS) is 10.2. The highest BCUT2D eigenvalue weighted by molar-refractivity contribution is 5.61. The maximum absolute atomic E-state index is 3.86. The summed E-state index contributed by atoms with van der Waals surface area (Å²) < 4.78 is 0. The van der Waals surface area contributed by atoms with Gasteiger partial charge < -0.3 is 5.32 Å². The summed E-state index contributed by atoms with van der Waals surface area (Å²) in [6.45, 7) is 3.11. The number of aromatic nitrogens is 4. The molecular weight excluding hydrogens is 190 g/mol. The summed E-state index contributed by atoms with van der Waals surface area (Å²) in [4.78, 5) is 0. The highest BCUT2D eigenvalue weighted by Crippen LogP contribution is 2.17. The van der Waals surface area contributed by atoms with Crippen LogP contribution < -0.4 is 5.32 Å². The van der Waals surface area contributed by atoms with Crippen LogP contribution in [0, 0.1) is 0 Å². The first-order valence-electron chi connectivity index (χ1n) is 4.98. The molecule has 0 spiro atoms. The molecule has 0 aliphatic heterocycles. The average Bonchev–Trinajstić information content (AvgIpc) is 2.80. The van der Waals surface area contributed by atoms with E-state index in [-0.39, 0.29) is 0 Å². The summed E-state index contributed by atoms with van der Waals surface area (Å²) in [6, 6.07) is 8.01. The van der Waals surface area contributed by atoms with Crippen molar-refractivity contribution in [2.75, 3.05) is 11.9 Å². The number of benzene rings is 1. The van der Waals surface area contributed by atoms with Crippen LogP contribution in [0.2, 0.25) is 0 Å². The molecule has 2 aromatic rings. The Morgan fingerprint density at radius 3 is 3.07 bits per heavy atom. The van der Waals surface area contributed by atoms with Gasteiger partial charge in [-0.25, -0.2) is 5.10 Å². The summed E-state index contributed by atoms with van der Waals surface area (Å²) >= 11 is 0. The van der Waals surface area contributed by atoms with Crippen molar-refractivity contribution in [1.82, 2.24) is 20.6 Å². The van der Waals surface area contributed by atoms with Gasteiger partial charge in [-0.15, -0.1) is 5.10 Å². The Labute approximate surface area is 87.9 Å². The zero-order valence-electron chi connectivity index (χ0n) is 8.57. The lowest BCUT2D eigenvalue weighted by Gasteiger charge is -2.05. The van der Waals surface area contributed by atoms with Gasteiger partial charge in [0, 0.05) is 17.8 Å². The topological polar surface area (TPSA) is 66.5 Å². The molecule has 0 aliphatic rings. The molecule has 15 heavy (non-hydrogen) atoms. The zero-order valence-corrected chi connectivity index (χ0v) is 8.57. The summed E-state index contributed by atoms with van der Waals surface area (Å²) in [5, 5.41) is 17.0. The van der Waals surface area contributed by atoms with Crippen molar-refractivity contribution in [1.29, 1.82) is 0 Å². The second kappa shape index (κ2) is 4.54. The smallest absolute Gasteiger partial charge is 0.179 e. The van der Waals surface area contributed by atoms with Gasteiger partial charge >= 0.3 is 0 Å². The standard InChI is InChI=1S/C10H13N5/c1-2-6-11-9-5-3-4-8(7-9)10-12-14-15-13-10/h3-5,7,11H,2,6H2,1H3,(H,12,13,14,15). The molecule has 0 aliphatic carbocycles. The maximum atomic E-state index is 3.86. The number of hydrogen-bond acceptors (Lipinski definition) is 4. The SMILES string of the molecule is CCCNc1cccc(-c2nnn[nH]2)c1. The van der Waals surface area contributed by atoms with E-state index < -0.39 is 0 Å². The number of anilines is 1. The third-order valence-electron chi connectivity index (χ3n) is 2.06. The Morgan fingerprint density at radius 1 is 1.40 bits per heavy atom. The van der Waals surface area contributed by atoms with Crippen LogP contribution >= 0.6 is 0 Å². The summed E-state index contributed by atoms with van der Waals surface area (Å²) in [6.07, 6.45) is 1.11. The molecule has 0 saturated carbocycles. The molecule has 78 valence electrons. The largest absolute Gasteiger partial charge is 0.385 e. The maximum Gasteiger partial charge on any atom is 0.179 e. The number of tetrazole rings is 1. The van der Waals surface area contributed by atoms with Crippen LogP contribution in [-0.2, 0) is 0 Å². The van der Waals surface area contributed by atoms with Gasteiger partial charge in [0.05, 0.1) is 0 Å². The lowest BCUT2D eigenvalue weighted by atomic mass is 10.2. The minimum Gasteiger partial charge on any atom is -0.385 e. The molecule has 0 radical (unpaired) electrons. The van der Waals surface area contributed by atoms with Crippen molar-refractivity contribution in [3.8, 4) is 11.4 Å². The van der Waals surface area contributed by atoms with Gasteiger partial charge in [0.1, 0.15) is 0 Å². The molecule has 0 amide bonds. The average molecular weight is 203 g/mol. The molecular formula is C10H13N5. The van der Waals surface area contributed by atoms with Gasteiger partial charge in [-0.2, -0.15) is 0 Å². The fourth-order valence-corrected chi connectivity index (χ4v) is 1.33. The molecule has 0 fully saturated rings. The molecule has 0 unspecified atom stereocenters. The van der Waals surface area contributed by atoms with Gasteiger partial charge in [-0.3, -0.25) is 0 Å². The third-order valence-corrected chi connectivity index (χ3v) is 2.06. The van der Waals surface area contributed by atoms with Crippen LogP contribution in [0.5, 0.6) is 0 Å². The first kappa shape index (κ1) is 9.64. The van der Waals surface area contributed by atoms with Gasteiger partial charge in [-0.1, -0.05) is 19.1 Å². The molecule has 5 nitrogen and oxygen atoms in total. The molecule has 1 heterocycles. The fourth-order valence-electron chi connectivity index (χ4n) is 1.33. The van der Waals surface area contributed by atoms with Crippen LogP contribution in [0.3, 0.4) is 0 Å². The Kier molecular flexibility index (Phi) is 2.92. The molecule has 0 atom stereocenters. The number of nitrogens with zero attached hydrogens (tertiary/aromatic N) is 3. The number of rotatable bonds is 4. The molecule has 1 aromatic heterocycles. The van der Waals surface area contributed by atoms with E-state index in [1.807, 2.05) is 24.3 Å². The highest BCUT2D eigenvalue weighted by atomic mass is 15.5. The van der Waals surface area contributed by atoms with Crippen molar-refractivity contribution >= 4 is 5.69 Å². The minimum atomic E-state index is 0.690. The number of nitrogens with one attached hydrogen (secondary N) is 2. The Morgan fingerprint density at radius 2 is 2.33 bits per heavy atom. The van der Waals surface area contributed by atoms with E-state index >= 15 is 0 Å². The second-order valence-corrected chi connectivity index (χ2v) is 3.26. The third kappa shape index (κ3) is 2.31. The Hall–Kier alpha value is -1.91. The quantitative estimate of drug-likeness (QED) is 0.793. The highest BCUT2D eigenvalue weighted by Gasteiger charge is 2.01. The van der Waals surface area contributed by atoms with Crippen molar-refractivity contribution in [3.63, 3.8) is 0 Å². The molecule has 1 aromatic carbocycles. The minimum absolute atomic E-state index is 0.690. The van der Waals surface area contributed by atoms with Crippen LogP contribution in [0.15, 0.2) is 24.3 Å². The number of H-pyrrole nitrogens is 1. The Bertz CT molecular complexity index is 410. The predicted octanol–water partition coefficient (Wildman–Crippen LogP) is 1.69. The first-order chi connectivity index (χ1) is 7.40. The molecule has 2 N–H and O–H groups in total. The first-order valence-corrected chi connectivity index (χ1v) is 4.98. The van der Waals surface area contributed by atoms with Crippen molar-refractivity contribution in [3.05, 3.63) is 24.3 Å². The van der Waals surface area contributed by atoms with E-state index in [1.165, 1.54) is 0 Å².